The van der Waals surface area contributed by atoms with E-state index in [1.807, 2.05) is 0 Å². The van der Waals surface area contributed by atoms with Crippen molar-refractivity contribution in [3.8, 4) is 11.5 Å². The Bertz CT molecular complexity index is 1080. The summed E-state index contributed by atoms with van der Waals surface area (Å²) in [5, 5.41) is 4.93. The Morgan fingerprint density at radius 3 is 2.65 bits per heavy atom. The number of urea groups is 1. The van der Waals surface area contributed by atoms with E-state index in [2.05, 4.69) is 10.6 Å². The Morgan fingerprint density at radius 1 is 1.13 bits per heavy atom. The molecular formula is C21H19F2N3O5. The monoisotopic (exact) mass is 431 g/mol. The second-order valence-corrected chi connectivity index (χ2v) is 7.33. The molecule has 0 bridgehead atoms. The minimum absolute atomic E-state index is 0.323. The third-order valence-corrected chi connectivity index (χ3v) is 5.08. The highest BCUT2D eigenvalue weighted by Crippen LogP contribution is 2.33. The second kappa shape index (κ2) is 7.86. The molecule has 2 heterocycles. The molecule has 0 aliphatic carbocycles. The van der Waals surface area contributed by atoms with Gasteiger partial charge in [0.25, 0.3) is 5.91 Å². The number of benzene rings is 2. The molecule has 0 spiro atoms. The highest BCUT2D eigenvalue weighted by atomic mass is 19.1. The summed E-state index contributed by atoms with van der Waals surface area (Å²) in [4.78, 5) is 38.3. The highest BCUT2D eigenvalue weighted by Gasteiger charge is 2.50. The van der Waals surface area contributed by atoms with Crippen molar-refractivity contribution in [1.82, 2.24) is 10.2 Å². The lowest BCUT2D eigenvalue weighted by Gasteiger charge is -2.22. The molecule has 0 aromatic heterocycles. The molecule has 2 N–H and O–H groups in total. The average Bonchev–Trinajstić information content (AvgIpc) is 2.89. The van der Waals surface area contributed by atoms with E-state index >= 15 is 0 Å². The van der Waals surface area contributed by atoms with Crippen LogP contribution in [0.5, 0.6) is 11.5 Å². The largest absolute Gasteiger partial charge is 0.490 e. The van der Waals surface area contributed by atoms with Crippen molar-refractivity contribution in [1.29, 1.82) is 0 Å². The van der Waals surface area contributed by atoms with Gasteiger partial charge in [-0.2, -0.15) is 0 Å². The lowest BCUT2D eigenvalue weighted by Crippen LogP contribution is -2.42. The average molecular weight is 431 g/mol. The van der Waals surface area contributed by atoms with Crippen molar-refractivity contribution in [3.63, 3.8) is 0 Å². The molecule has 1 saturated heterocycles. The molecule has 2 aliphatic rings. The number of rotatable bonds is 4. The van der Waals surface area contributed by atoms with E-state index in [0.29, 0.717) is 35.3 Å². The van der Waals surface area contributed by atoms with E-state index in [0.717, 1.165) is 24.6 Å². The molecule has 0 radical (unpaired) electrons. The van der Waals surface area contributed by atoms with Gasteiger partial charge in [-0.15, -0.1) is 0 Å². The van der Waals surface area contributed by atoms with Crippen LogP contribution in [-0.4, -0.2) is 42.5 Å². The van der Waals surface area contributed by atoms with Crippen LogP contribution in [-0.2, 0) is 15.1 Å². The zero-order chi connectivity index (χ0) is 22.2. The van der Waals surface area contributed by atoms with Crippen molar-refractivity contribution in [2.24, 2.45) is 0 Å². The van der Waals surface area contributed by atoms with E-state index in [4.69, 9.17) is 9.47 Å². The fourth-order valence-electron chi connectivity index (χ4n) is 3.49. The van der Waals surface area contributed by atoms with Crippen LogP contribution in [0.2, 0.25) is 0 Å². The number of nitrogens with zero attached hydrogens (tertiary/aromatic N) is 1. The van der Waals surface area contributed by atoms with Crippen LogP contribution >= 0.6 is 0 Å². The van der Waals surface area contributed by atoms with Gasteiger partial charge < -0.3 is 20.1 Å². The predicted octanol–water partition coefficient (Wildman–Crippen LogP) is 2.53. The topological polar surface area (TPSA) is 97.0 Å². The SMILES string of the molecule is C[C@]1(c2cc(F)ccc2F)NC(=O)N(CC(=O)Nc2ccc3c(c2)OCCCO3)C1=O. The smallest absolute Gasteiger partial charge is 0.325 e. The van der Waals surface area contributed by atoms with E-state index in [9.17, 15) is 23.2 Å². The summed E-state index contributed by atoms with van der Waals surface area (Å²) < 4.78 is 38.9. The Balaban J connectivity index is 1.49. The minimum Gasteiger partial charge on any atom is -0.490 e. The quantitative estimate of drug-likeness (QED) is 0.726. The molecule has 4 rings (SSSR count). The van der Waals surface area contributed by atoms with Crippen LogP contribution < -0.4 is 20.1 Å². The van der Waals surface area contributed by atoms with Gasteiger partial charge in [-0.1, -0.05) is 0 Å². The molecule has 2 aliphatic heterocycles. The van der Waals surface area contributed by atoms with Gasteiger partial charge in [0.2, 0.25) is 5.91 Å². The first kappa shape index (κ1) is 20.6. The third kappa shape index (κ3) is 3.88. The third-order valence-electron chi connectivity index (χ3n) is 5.08. The summed E-state index contributed by atoms with van der Waals surface area (Å²) in [6, 6.07) is 6.56. The fourth-order valence-corrected chi connectivity index (χ4v) is 3.49. The van der Waals surface area contributed by atoms with Crippen LogP contribution in [0.15, 0.2) is 36.4 Å². The van der Waals surface area contributed by atoms with Crippen LogP contribution in [0.1, 0.15) is 18.9 Å². The van der Waals surface area contributed by atoms with Gasteiger partial charge in [0.15, 0.2) is 11.5 Å². The maximum Gasteiger partial charge on any atom is 0.325 e. The maximum atomic E-state index is 14.2. The number of imide groups is 1. The number of hydrogen-bond donors (Lipinski definition) is 2. The lowest BCUT2D eigenvalue weighted by atomic mass is 9.91. The zero-order valence-electron chi connectivity index (χ0n) is 16.5. The summed E-state index contributed by atoms with van der Waals surface area (Å²) in [7, 11) is 0. The summed E-state index contributed by atoms with van der Waals surface area (Å²) in [6.07, 6.45) is 0.729. The van der Waals surface area contributed by atoms with E-state index in [1.54, 1.807) is 18.2 Å². The molecule has 0 saturated carbocycles. The number of carbonyl (C=O) groups excluding carboxylic acids is 3. The van der Waals surface area contributed by atoms with Gasteiger partial charge in [0.1, 0.15) is 23.7 Å². The molecule has 10 heteroatoms. The normalized spacial score (nSPS) is 20.3. The number of fused-ring (bicyclic) bond motifs is 1. The molecule has 4 amide bonds. The van der Waals surface area contributed by atoms with Crippen LogP contribution in [0, 0.1) is 11.6 Å². The zero-order valence-corrected chi connectivity index (χ0v) is 16.5. The van der Waals surface area contributed by atoms with Gasteiger partial charge in [-0.05, 0) is 37.3 Å². The molecule has 2 aromatic rings. The molecule has 1 atom stereocenters. The number of hydrogen-bond acceptors (Lipinski definition) is 5. The van der Waals surface area contributed by atoms with Gasteiger partial charge in [0, 0.05) is 23.7 Å². The molecule has 0 unspecified atom stereocenters. The van der Waals surface area contributed by atoms with Crippen molar-refractivity contribution in [2.45, 2.75) is 18.9 Å². The van der Waals surface area contributed by atoms with Crippen molar-refractivity contribution >= 4 is 23.5 Å². The van der Waals surface area contributed by atoms with Crippen LogP contribution in [0.4, 0.5) is 19.3 Å². The molecule has 8 nitrogen and oxygen atoms in total. The standard InChI is InChI=1S/C21H19F2N3O5/c1-21(14-9-12(22)3-5-15(14)23)19(28)26(20(29)25-21)11-18(27)24-13-4-6-16-17(10-13)31-8-2-7-30-16/h3-6,9-10H,2,7-8,11H2,1H3,(H,24,27)(H,25,29)/t21-/m1/s1. The van der Waals surface area contributed by atoms with Crippen molar-refractivity contribution < 1.29 is 32.6 Å². The number of anilines is 1. The van der Waals surface area contributed by atoms with Gasteiger partial charge in [-0.25, -0.2) is 13.6 Å². The number of nitrogens with one attached hydrogen (secondary N) is 2. The summed E-state index contributed by atoms with van der Waals surface area (Å²) in [5.41, 5.74) is -1.77. The Kier molecular flexibility index (Phi) is 5.22. The molecule has 2 aromatic carbocycles. The fraction of sp³-hybridized carbons (Fsp3) is 0.286. The molecular weight excluding hydrogens is 412 g/mol. The highest BCUT2D eigenvalue weighted by molar-refractivity contribution is 6.10. The first-order valence-corrected chi connectivity index (χ1v) is 9.57. The Hall–Kier alpha value is -3.69. The van der Waals surface area contributed by atoms with Crippen LogP contribution in [0.25, 0.3) is 0 Å². The number of carbonyl (C=O) groups is 3. The van der Waals surface area contributed by atoms with Crippen LogP contribution in [0.3, 0.4) is 0 Å². The Morgan fingerprint density at radius 2 is 1.87 bits per heavy atom. The molecule has 162 valence electrons. The number of halogens is 2. The number of ether oxygens (including phenoxy) is 2. The Labute approximate surface area is 176 Å². The first-order chi connectivity index (χ1) is 14.8. The molecule has 1 fully saturated rings. The van der Waals surface area contributed by atoms with Crippen molar-refractivity contribution in [2.75, 3.05) is 25.1 Å². The predicted molar refractivity (Wildman–Crippen MR) is 105 cm³/mol. The second-order valence-electron chi connectivity index (χ2n) is 7.33. The minimum atomic E-state index is -1.83. The van der Waals surface area contributed by atoms with Crippen molar-refractivity contribution in [3.05, 3.63) is 53.6 Å². The van der Waals surface area contributed by atoms with Gasteiger partial charge in [-0.3, -0.25) is 14.5 Å². The molecule has 31 heavy (non-hydrogen) atoms. The van der Waals surface area contributed by atoms with Gasteiger partial charge >= 0.3 is 6.03 Å². The van der Waals surface area contributed by atoms with E-state index < -0.39 is 41.6 Å². The summed E-state index contributed by atoms with van der Waals surface area (Å²) >= 11 is 0. The first-order valence-electron chi connectivity index (χ1n) is 9.57. The number of amides is 4. The summed E-state index contributed by atoms with van der Waals surface area (Å²) in [5.74, 6) is -2.10. The lowest BCUT2D eigenvalue weighted by molar-refractivity contribution is -0.133. The van der Waals surface area contributed by atoms with E-state index in [-0.39, 0.29) is 5.56 Å². The summed E-state index contributed by atoms with van der Waals surface area (Å²) in [6.45, 7) is 1.65. The van der Waals surface area contributed by atoms with Gasteiger partial charge in [0.05, 0.1) is 13.2 Å². The maximum absolute atomic E-state index is 14.2. The van der Waals surface area contributed by atoms with E-state index in [1.165, 1.54) is 6.92 Å².